The van der Waals surface area contributed by atoms with E-state index in [-0.39, 0.29) is 24.2 Å². The standard InChI is InChI=1S/C13H19N3O2.ClH/c1-16(2)13(18)11-6-4-10(5-7-11)12(17)15-9-3-8-14;/h4-7H,3,8-9,14H2,1-2H3,(H,15,17);1H. The van der Waals surface area contributed by atoms with Crippen LogP contribution in [0.1, 0.15) is 27.1 Å². The molecule has 2 amide bonds. The van der Waals surface area contributed by atoms with Crippen molar-refractivity contribution in [1.29, 1.82) is 0 Å². The molecule has 0 atom stereocenters. The van der Waals surface area contributed by atoms with Gasteiger partial charge in [-0.25, -0.2) is 0 Å². The van der Waals surface area contributed by atoms with E-state index in [2.05, 4.69) is 5.32 Å². The van der Waals surface area contributed by atoms with Crippen molar-refractivity contribution in [3.63, 3.8) is 0 Å². The minimum Gasteiger partial charge on any atom is -0.352 e. The van der Waals surface area contributed by atoms with Crippen molar-refractivity contribution in [2.24, 2.45) is 5.73 Å². The van der Waals surface area contributed by atoms with E-state index in [1.54, 1.807) is 38.4 Å². The largest absolute Gasteiger partial charge is 0.352 e. The maximum absolute atomic E-state index is 11.7. The summed E-state index contributed by atoms with van der Waals surface area (Å²) in [4.78, 5) is 24.8. The summed E-state index contributed by atoms with van der Waals surface area (Å²) in [6.45, 7) is 1.12. The highest BCUT2D eigenvalue weighted by Gasteiger charge is 2.09. The lowest BCUT2D eigenvalue weighted by atomic mass is 10.1. The molecular weight excluding hydrogens is 266 g/mol. The summed E-state index contributed by atoms with van der Waals surface area (Å²) in [6, 6.07) is 6.60. The number of hydrogen-bond acceptors (Lipinski definition) is 3. The maximum atomic E-state index is 11.7. The third-order valence-corrected chi connectivity index (χ3v) is 2.47. The van der Waals surface area contributed by atoms with Gasteiger partial charge in [-0.1, -0.05) is 0 Å². The van der Waals surface area contributed by atoms with E-state index >= 15 is 0 Å². The van der Waals surface area contributed by atoms with Crippen LogP contribution in [0.4, 0.5) is 0 Å². The van der Waals surface area contributed by atoms with Crippen LogP contribution in [0.2, 0.25) is 0 Å². The fraction of sp³-hybridized carbons (Fsp3) is 0.385. The van der Waals surface area contributed by atoms with Gasteiger partial charge in [-0.15, -0.1) is 12.4 Å². The Kier molecular flexibility index (Phi) is 7.79. The molecular formula is C13H20ClN3O2. The molecule has 6 heteroatoms. The van der Waals surface area contributed by atoms with Crippen molar-refractivity contribution >= 4 is 24.2 Å². The zero-order valence-electron chi connectivity index (χ0n) is 11.2. The summed E-state index contributed by atoms with van der Waals surface area (Å²) in [5.41, 5.74) is 6.45. The van der Waals surface area contributed by atoms with Crippen LogP contribution in [0, 0.1) is 0 Å². The summed E-state index contributed by atoms with van der Waals surface area (Å²) >= 11 is 0. The molecule has 0 spiro atoms. The number of carbonyl (C=O) groups excluding carboxylic acids is 2. The Balaban J connectivity index is 0.00000324. The average molecular weight is 286 g/mol. The summed E-state index contributed by atoms with van der Waals surface area (Å²) in [5, 5.41) is 2.76. The van der Waals surface area contributed by atoms with Crippen LogP contribution in [-0.2, 0) is 0 Å². The van der Waals surface area contributed by atoms with Crippen LogP contribution in [0.5, 0.6) is 0 Å². The van der Waals surface area contributed by atoms with Crippen LogP contribution in [-0.4, -0.2) is 43.9 Å². The minimum absolute atomic E-state index is 0. The van der Waals surface area contributed by atoms with Crippen molar-refractivity contribution in [3.8, 4) is 0 Å². The Morgan fingerprint density at radius 1 is 1.16 bits per heavy atom. The number of hydrogen-bond donors (Lipinski definition) is 2. The van der Waals surface area contributed by atoms with Crippen molar-refractivity contribution in [3.05, 3.63) is 35.4 Å². The average Bonchev–Trinajstić information content (AvgIpc) is 2.38. The van der Waals surface area contributed by atoms with E-state index in [0.717, 1.165) is 6.42 Å². The molecule has 0 aliphatic heterocycles. The quantitative estimate of drug-likeness (QED) is 0.789. The predicted octanol–water partition coefficient (Wildman–Crippen LogP) is 0.889. The molecule has 19 heavy (non-hydrogen) atoms. The number of nitrogens with zero attached hydrogens (tertiary/aromatic N) is 1. The van der Waals surface area contributed by atoms with Gasteiger partial charge in [-0.2, -0.15) is 0 Å². The highest BCUT2D eigenvalue weighted by Crippen LogP contribution is 2.06. The second-order valence-electron chi connectivity index (χ2n) is 4.18. The zero-order chi connectivity index (χ0) is 13.5. The monoisotopic (exact) mass is 285 g/mol. The lowest BCUT2D eigenvalue weighted by molar-refractivity contribution is 0.0826. The first-order valence-electron chi connectivity index (χ1n) is 5.86. The molecule has 3 N–H and O–H groups in total. The highest BCUT2D eigenvalue weighted by molar-refractivity contribution is 5.97. The topological polar surface area (TPSA) is 75.4 Å². The first kappa shape index (κ1) is 17.4. The molecule has 0 saturated carbocycles. The van der Waals surface area contributed by atoms with Crippen LogP contribution in [0.15, 0.2) is 24.3 Å². The van der Waals surface area contributed by atoms with Gasteiger partial charge in [0.15, 0.2) is 0 Å². The molecule has 0 fully saturated rings. The summed E-state index contributed by atoms with van der Waals surface area (Å²) < 4.78 is 0. The molecule has 5 nitrogen and oxygen atoms in total. The molecule has 0 unspecified atom stereocenters. The van der Waals surface area contributed by atoms with Crippen molar-refractivity contribution in [2.45, 2.75) is 6.42 Å². The molecule has 0 heterocycles. The van der Waals surface area contributed by atoms with Gasteiger partial charge in [-0.05, 0) is 37.2 Å². The van der Waals surface area contributed by atoms with Crippen molar-refractivity contribution < 1.29 is 9.59 Å². The summed E-state index contributed by atoms with van der Waals surface area (Å²) in [7, 11) is 3.38. The van der Waals surface area contributed by atoms with E-state index < -0.39 is 0 Å². The van der Waals surface area contributed by atoms with Gasteiger partial charge in [0.25, 0.3) is 11.8 Å². The second-order valence-corrected chi connectivity index (χ2v) is 4.18. The third-order valence-electron chi connectivity index (χ3n) is 2.47. The van der Waals surface area contributed by atoms with Gasteiger partial charge in [0.2, 0.25) is 0 Å². The van der Waals surface area contributed by atoms with Gasteiger partial charge in [-0.3, -0.25) is 9.59 Å². The summed E-state index contributed by atoms with van der Waals surface area (Å²) in [6.07, 6.45) is 0.753. The smallest absolute Gasteiger partial charge is 0.253 e. The molecule has 0 bridgehead atoms. The molecule has 1 rings (SSSR count). The van der Waals surface area contributed by atoms with Gasteiger partial charge in [0, 0.05) is 31.8 Å². The molecule has 106 valence electrons. The Morgan fingerprint density at radius 2 is 1.68 bits per heavy atom. The number of nitrogens with two attached hydrogens (primary N) is 1. The van der Waals surface area contributed by atoms with Crippen molar-refractivity contribution in [2.75, 3.05) is 27.2 Å². The Hall–Kier alpha value is -1.59. The molecule has 0 aliphatic carbocycles. The number of carbonyl (C=O) groups is 2. The number of nitrogens with one attached hydrogen (secondary N) is 1. The van der Waals surface area contributed by atoms with E-state index in [9.17, 15) is 9.59 Å². The third kappa shape index (κ3) is 5.28. The van der Waals surface area contributed by atoms with Gasteiger partial charge in [0.05, 0.1) is 0 Å². The van der Waals surface area contributed by atoms with Crippen LogP contribution in [0.3, 0.4) is 0 Å². The first-order valence-corrected chi connectivity index (χ1v) is 5.86. The molecule has 1 aromatic carbocycles. The lowest BCUT2D eigenvalue weighted by Crippen LogP contribution is -2.26. The molecule has 0 aromatic heterocycles. The molecule has 0 radical (unpaired) electrons. The number of rotatable bonds is 5. The Morgan fingerprint density at radius 3 is 2.16 bits per heavy atom. The van der Waals surface area contributed by atoms with E-state index in [1.807, 2.05) is 0 Å². The minimum atomic E-state index is -0.146. The Bertz CT molecular complexity index is 418. The van der Waals surface area contributed by atoms with E-state index in [0.29, 0.717) is 24.2 Å². The molecule has 0 saturated heterocycles. The normalized spacial score (nSPS) is 9.42. The predicted molar refractivity (Wildman–Crippen MR) is 77.7 cm³/mol. The Labute approximate surface area is 119 Å². The second kappa shape index (κ2) is 8.50. The highest BCUT2D eigenvalue weighted by atomic mass is 35.5. The van der Waals surface area contributed by atoms with E-state index in [1.165, 1.54) is 4.90 Å². The zero-order valence-corrected chi connectivity index (χ0v) is 12.0. The van der Waals surface area contributed by atoms with Crippen LogP contribution >= 0.6 is 12.4 Å². The van der Waals surface area contributed by atoms with Crippen LogP contribution in [0.25, 0.3) is 0 Å². The fourth-order valence-electron chi connectivity index (χ4n) is 1.43. The van der Waals surface area contributed by atoms with Crippen LogP contribution < -0.4 is 11.1 Å². The summed E-state index contributed by atoms with van der Waals surface area (Å²) in [5.74, 6) is -0.225. The number of amides is 2. The molecule has 0 aliphatic rings. The van der Waals surface area contributed by atoms with E-state index in [4.69, 9.17) is 5.73 Å². The molecule has 1 aromatic rings. The maximum Gasteiger partial charge on any atom is 0.253 e. The first-order chi connectivity index (χ1) is 8.56. The van der Waals surface area contributed by atoms with Crippen molar-refractivity contribution in [1.82, 2.24) is 10.2 Å². The van der Waals surface area contributed by atoms with Gasteiger partial charge < -0.3 is 16.0 Å². The fourth-order valence-corrected chi connectivity index (χ4v) is 1.43. The lowest BCUT2D eigenvalue weighted by Gasteiger charge is -2.10. The number of benzene rings is 1. The van der Waals surface area contributed by atoms with Gasteiger partial charge in [0.1, 0.15) is 0 Å². The number of halogens is 1. The SMILES string of the molecule is CN(C)C(=O)c1ccc(C(=O)NCCCN)cc1.Cl. The van der Waals surface area contributed by atoms with Gasteiger partial charge >= 0.3 is 0 Å².